The lowest BCUT2D eigenvalue weighted by Gasteiger charge is -2.12. The number of aromatic hydroxyl groups is 1. The maximum Gasteiger partial charge on any atom is 0.200 e. The van der Waals surface area contributed by atoms with Crippen molar-refractivity contribution in [3.05, 3.63) is 30.4 Å². The van der Waals surface area contributed by atoms with E-state index in [0.717, 1.165) is 12.2 Å². The van der Waals surface area contributed by atoms with E-state index in [2.05, 4.69) is 6.58 Å². The number of phenolic OH excluding ortho intramolecular Hbond substituents is 1. The Kier molecular flexibility index (Phi) is 3.54. The molecule has 1 aliphatic heterocycles. The molecule has 1 fully saturated rings. The predicted molar refractivity (Wildman–Crippen MR) is 63.8 cm³/mol. The predicted octanol–water partition coefficient (Wildman–Crippen LogP) is 1.91. The van der Waals surface area contributed by atoms with E-state index < -0.39 is 0 Å². The summed E-state index contributed by atoms with van der Waals surface area (Å²) in [6.45, 7) is 4.86. The molecule has 1 N–H and O–H groups in total. The van der Waals surface area contributed by atoms with Gasteiger partial charge >= 0.3 is 0 Å². The molecule has 1 aromatic rings. The van der Waals surface area contributed by atoms with Gasteiger partial charge in [-0.15, -0.1) is 6.58 Å². The molecule has 1 unspecified atom stereocenters. The number of hydrogen-bond acceptors (Lipinski definition) is 4. The maximum absolute atomic E-state index is 9.90. The topological polar surface area (TPSA) is 51.2 Å². The summed E-state index contributed by atoms with van der Waals surface area (Å²) < 4.78 is 15.7. The fourth-order valence-corrected chi connectivity index (χ4v) is 1.53. The van der Waals surface area contributed by atoms with Crippen LogP contribution >= 0.6 is 0 Å². The highest BCUT2D eigenvalue weighted by molar-refractivity contribution is 5.53. The summed E-state index contributed by atoms with van der Waals surface area (Å²) in [5.74, 6) is 0.869. The molecule has 0 aromatic heterocycles. The van der Waals surface area contributed by atoms with Crippen molar-refractivity contribution in [1.82, 2.24) is 0 Å². The van der Waals surface area contributed by atoms with E-state index >= 15 is 0 Å². The molecule has 2 rings (SSSR count). The number of rotatable bonds is 6. The molecule has 0 saturated carbocycles. The third kappa shape index (κ3) is 2.91. The molecule has 1 saturated heterocycles. The van der Waals surface area contributed by atoms with Crippen molar-refractivity contribution in [1.29, 1.82) is 0 Å². The van der Waals surface area contributed by atoms with Crippen LogP contribution in [0.4, 0.5) is 0 Å². The minimum Gasteiger partial charge on any atom is -0.502 e. The third-order valence-corrected chi connectivity index (χ3v) is 2.53. The van der Waals surface area contributed by atoms with Crippen molar-refractivity contribution in [2.24, 2.45) is 0 Å². The Bertz CT molecular complexity index is 410. The van der Waals surface area contributed by atoms with Crippen LogP contribution in [0.15, 0.2) is 24.8 Å². The molecule has 1 aromatic carbocycles. The van der Waals surface area contributed by atoms with Gasteiger partial charge in [-0.05, 0) is 24.1 Å². The second-order valence-electron chi connectivity index (χ2n) is 3.90. The Morgan fingerprint density at radius 1 is 1.53 bits per heavy atom. The fourth-order valence-electron chi connectivity index (χ4n) is 1.53. The molecule has 4 nitrogen and oxygen atoms in total. The molecule has 1 aliphatic rings. The van der Waals surface area contributed by atoms with Crippen LogP contribution in [-0.4, -0.2) is 31.5 Å². The number of methoxy groups -OCH3 is 1. The van der Waals surface area contributed by atoms with Crippen LogP contribution in [0, 0.1) is 0 Å². The number of allylic oxidation sites excluding steroid dienone is 1. The number of ether oxygens (including phenoxy) is 3. The Labute approximate surface area is 100 Å². The van der Waals surface area contributed by atoms with Gasteiger partial charge in [-0.2, -0.15) is 0 Å². The molecule has 1 atom stereocenters. The summed E-state index contributed by atoms with van der Waals surface area (Å²) in [6, 6.07) is 3.57. The van der Waals surface area contributed by atoms with Crippen molar-refractivity contribution in [2.75, 3.05) is 20.3 Å². The van der Waals surface area contributed by atoms with Gasteiger partial charge in [0, 0.05) is 0 Å². The maximum atomic E-state index is 9.90. The minimum atomic E-state index is 0.0287. The zero-order chi connectivity index (χ0) is 12.3. The van der Waals surface area contributed by atoms with Gasteiger partial charge in [0.1, 0.15) is 12.7 Å². The van der Waals surface area contributed by atoms with Gasteiger partial charge in [-0.3, -0.25) is 0 Å². The first-order chi connectivity index (χ1) is 8.24. The SMILES string of the molecule is C=CCc1cc(OC)c(O)c(OCC2CO2)c1. The van der Waals surface area contributed by atoms with Gasteiger partial charge in [-0.1, -0.05) is 6.08 Å². The van der Waals surface area contributed by atoms with Gasteiger partial charge in [0.2, 0.25) is 5.75 Å². The Morgan fingerprint density at radius 3 is 2.82 bits per heavy atom. The number of epoxide rings is 1. The highest BCUT2D eigenvalue weighted by Crippen LogP contribution is 2.37. The average Bonchev–Trinajstić information content (AvgIpc) is 3.13. The van der Waals surface area contributed by atoms with Gasteiger partial charge in [0.05, 0.1) is 13.7 Å². The number of hydrogen-bond donors (Lipinski definition) is 1. The summed E-state index contributed by atoms with van der Waals surface area (Å²) in [6.07, 6.45) is 2.65. The largest absolute Gasteiger partial charge is 0.502 e. The van der Waals surface area contributed by atoms with E-state index in [1.807, 2.05) is 0 Å². The molecule has 1 heterocycles. The molecule has 0 aliphatic carbocycles. The molecule has 0 amide bonds. The summed E-state index contributed by atoms with van der Waals surface area (Å²) in [7, 11) is 1.51. The van der Waals surface area contributed by atoms with Crippen LogP contribution in [0.2, 0.25) is 0 Å². The second kappa shape index (κ2) is 5.10. The third-order valence-electron chi connectivity index (χ3n) is 2.53. The zero-order valence-electron chi connectivity index (χ0n) is 9.81. The molecule has 0 spiro atoms. The second-order valence-corrected chi connectivity index (χ2v) is 3.90. The molecular weight excluding hydrogens is 220 g/mol. The summed E-state index contributed by atoms with van der Waals surface area (Å²) >= 11 is 0. The molecule has 0 radical (unpaired) electrons. The number of benzene rings is 1. The van der Waals surface area contributed by atoms with Crippen molar-refractivity contribution in [2.45, 2.75) is 12.5 Å². The first-order valence-corrected chi connectivity index (χ1v) is 5.49. The van der Waals surface area contributed by atoms with Gasteiger partial charge in [0.15, 0.2) is 11.5 Å². The molecule has 17 heavy (non-hydrogen) atoms. The molecule has 4 heteroatoms. The lowest BCUT2D eigenvalue weighted by Crippen LogP contribution is -2.05. The van der Waals surface area contributed by atoms with E-state index in [0.29, 0.717) is 24.5 Å². The van der Waals surface area contributed by atoms with Crippen LogP contribution in [0.3, 0.4) is 0 Å². The normalized spacial score (nSPS) is 17.6. The highest BCUT2D eigenvalue weighted by Gasteiger charge is 2.24. The zero-order valence-corrected chi connectivity index (χ0v) is 9.81. The van der Waals surface area contributed by atoms with Crippen LogP contribution < -0.4 is 9.47 Å². The summed E-state index contributed by atoms with van der Waals surface area (Å²) in [5, 5.41) is 9.90. The fraction of sp³-hybridized carbons (Fsp3) is 0.385. The van der Waals surface area contributed by atoms with Crippen molar-refractivity contribution >= 4 is 0 Å². The quantitative estimate of drug-likeness (QED) is 0.605. The number of phenols is 1. The van der Waals surface area contributed by atoms with E-state index in [-0.39, 0.29) is 11.9 Å². The van der Waals surface area contributed by atoms with Crippen molar-refractivity contribution < 1.29 is 19.3 Å². The van der Waals surface area contributed by atoms with Crippen LogP contribution in [-0.2, 0) is 11.2 Å². The Morgan fingerprint density at radius 2 is 2.24 bits per heavy atom. The lowest BCUT2D eigenvalue weighted by atomic mass is 10.1. The van der Waals surface area contributed by atoms with Gasteiger partial charge in [0.25, 0.3) is 0 Å². The molecular formula is C13H16O4. The average molecular weight is 236 g/mol. The van der Waals surface area contributed by atoms with Gasteiger partial charge < -0.3 is 19.3 Å². The minimum absolute atomic E-state index is 0.0287. The van der Waals surface area contributed by atoms with Crippen molar-refractivity contribution in [3.8, 4) is 17.2 Å². The smallest absolute Gasteiger partial charge is 0.200 e. The van der Waals surface area contributed by atoms with Crippen molar-refractivity contribution in [3.63, 3.8) is 0 Å². The first kappa shape index (κ1) is 11.8. The van der Waals surface area contributed by atoms with Crippen LogP contribution in [0.25, 0.3) is 0 Å². The lowest BCUT2D eigenvalue weighted by molar-refractivity contribution is 0.250. The Balaban J connectivity index is 2.19. The van der Waals surface area contributed by atoms with E-state index in [1.165, 1.54) is 7.11 Å². The van der Waals surface area contributed by atoms with E-state index in [1.54, 1.807) is 18.2 Å². The van der Waals surface area contributed by atoms with Crippen LogP contribution in [0.5, 0.6) is 17.2 Å². The van der Waals surface area contributed by atoms with Gasteiger partial charge in [-0.25, -0.2) is 0 Å². The first-order valence-electron chi connectivity index (χ1n) is 5.49. The monoisotopic (exact) mass is 236 g/mol. The summed E-state index contributed by atoms with van der Waals surface area (Å²) in [5.41, 5.74) is 0.987. The Hall–Kier alpha value is -1.68. The summed E-state index contributed by atoms with van der Waals surface area (Å²) in [4.78, 5) is 0. The van der Waals surface area contributed by atoms with E-state index in [9.17, 15) is 5.11 Å². The van der Waals surface area contributed by atoms with E-state index in [4.69, 9.17) is 14.2 Å². The molecule has 92 valence electrons. The molecule has 0 bridgehead atoms. The van der Waals surface area contributed by atoms with Crippen LogP contribution in [0.1, 0.15) is 5.56 Å². The standard InChI is InChI=1S/C13H16O4/c1-3-4-9-5-11(15-2)13(14)12(6-9)17-8-10-7-16-10/h3,5-6,10,14H,1,4,7-8H2,2H3. The highest BCUT2D eigenvalue weighted by atomic mass is 16.6.